The van der Waals surface area contributed by atoms with Crippen LogP contribution in [0.5, 0.6) is 0 Å². The summed E-state index contributed by atoms with van der Waals surface area (Å²) >= 11 is 0. The summed E-state index contributed by atoms with van der Waals surface area (Å²) in [4.78, 5) is 8.01. The van der Waals surface area contributed by atoms with Crippen LogP contribution in [0.3, 0.4) is 0 Å². The van der Waals surface area contributed by atoms with Gasteiger partial charge in [-0.1, -0.05) is 6.92 Å². The molecule has 0 amide bonds. The molecular formula is C11H18N4O2S. The number of hydrogen-bond donors (Lipinski definition) is 2. The standard InChI is InChI=1S/C11H18N4O2S/c1-3-12-10-13-6-9(7-14-10)18(16,17)15-8-11(2)4-5-11/h6-7,15H,3-5,8H2,1-2H3,(H,12,13,14). The smallest absolute Gasteiger partial charge is 0.243 e. The molecule has 0 aromatic carbocycles. The van der Waals surface area contributed by atoms with Crippen molar-refractivity contribution in [2.24, 2.45) is 5.41 Å². The van der Waals surface area contributed by atoms with Crippen LogP contribution in [-0.4, -0.2) is 31.5 Å². The van der Waals surface area contributed by atoms with Crippen molar-refractivity contribution in [1.29, 1.82) is 0 Å². The molecule has 2 N–H and O–H groups in total. The van der Waals surface area contributed by atoms with Gasteiger partial charge in [-0.05, 0) is 25.2 Å². The third-order valence-corrected chi connectivity index (χ3v) is 4.42. The number of sulfonamides is 1. The van der Waals surface area contributed by atoms with Crippen molar-refractivity contribution in [3.63, 3.8) is 0 Å². The Labute approximate surface area is 107 Å². The van der Waals surface area contributed by atoms with E-state index in [4.69, 9.17) is 0 Å². The largest absolute Gasteiger partial charge is 0.355 e. The van der Waals surface area contributed by atoms with Crippen molar-refractivity contribution in [1.82, 2.24) is 14.7 Å². The van der Waals surface area contributed by atoms with Crippen LogP contribution in [-0.2, 0) is 10.0 Å². The van der Waals surface area contributed by atoms with Gasteiger partial charge in [0.25, 0.3) is 0 Å². The van der Waals surface area contributed by atoms with Gasteiger partial charge in [0.2, 0.25) is 16.0 Å². The maximum atomic E-state index is 12.0. The van der Waals surface area contributed by atoms with Gasteiger partial charge in [0.15, 0.2) is 0 Å². The second-order valence-electron chi connectivity index (χ2n) is 4.91. The fourth-order valence-electron chi connectivity index (χ4n) is 1.45. The maximum absolute atomic E-state index is 12.0. The second kappa shape index (κ2) is 4.81. The first-order valence-electron chi connectivity index (χ1n) is 6.01. The van der Waals surface area contributed by atoms with Crippen molar-refractivity contribution in [3.05, 3.63) is 12.4 Å². The van der Waals surface area contributed by atoms with E-state index in [0.29, 0.717) is 19.0 Å². The fraction of sp³-hybridized carbons (Fsp3) is 0.636. The number of nitrogens with zero attached hydrogens (tertiary/aromatic N) is 2. The molecule has 0 radical (unpaired) electrons. The van der Waals surface area contributed by atoms with Crippen LogP contribution in [0.25, 0.3) is 0 Å². The van der Waals surface area contributed by atoms with E-state index in [9.17, 15) is 8.42 Å². The summed E-state index contributed by atoms with van der Waals surface area (Å²) < 4.78 is 26.5. The highest BCUT2D eigenvalue weighted by Crippen LogP contribution is 2.44. The maximum Gasteiger partial charge on any atom is 0.243 e. The first-order valence-corrected chi connectivity index (χ1v) is 7.49. The van der Waals surface area contributed by atoms with Gasteiger partial charge < -0.3 is 5.32 Å². The molecule has 0 spiro atoms. The monoisotopic (exact) mass is 270 g/mol. The van der Waals surface area contributed by atoms with Crippen molar-refractivity contribution < 1.29 is 8.42 Å². The fourth-order valence-corrected chi connectivity index (χ4v) is 2.54. The zero-order valence-corrected chi connectivity index (χ0v) is 11.4. The van der Waals surface area contributed by atoms with Crippen LogP contribution < -0.4 is 10.0 Å². The van der Waals surface area contributed by atoms with Crippen LogP contribution in [0.2, 0.25) is 0 Å². The van der Waals surface area contributed by atoms with Gasteiger partial charge in [0.1, 0.15) is 4.90 Å². The molecular weight excluding hydrogens is 252 g/mol. The number of aromatic nitrogens is 2. The van der Waals surface area contributed by atoms with Gasteiger partial charge in [-0.25, -0.2) is 23.1 Å². The Morgan fingerprint density at radius 2 is 1.94 bits per heavy atom. The third kappa shape index (κ3) is 3.17. The minimum Gasteiger partial charge on any atom is -0.355 e. The molecule has 0 atom stereocenters. The van der Waals surface area contributed by atoms with E-state index in [0.717, 1.165) is 12.8 Å². The molecule has 1 aliphatic carbocycles. The highest BCUT2D eigenvalue weighted by molar-refractivity contribution is 7.89. The summed E-state index contributed by atoms with van der Waals surface area (Å²) in [5, 5.41) is 2.91. The van der Waals surface area contributed by atoms with Gasteiger partial charge in [0, 0.05) is 13.1 Å². The average Bonchev–Trinajstić information content (AvgIpc) is 3.07. The summed E-state index contributed by atoms with van der Waals surface area (Å²) in [5.74, 6) is 0.436. The summed E-state index contributed by atoms with van der Waals surface area (Å²) in [5.41, 5.74) is 0.137. The number of rotatable bonds is 6. The lowest BCUT2D eigenvalue weighted by atomic mass is 10.2. The molecule has 0 unspecified atom stereocenters. The Kier molecular flexibility index (Phi) is 3.54. The van der Waals surface area contributed by atoms with E-state index < -0.39 is 10.0 Å². The molecule has 0 saturated heterocycles. The predicted molar refractivity (Wildman–Crippen MR) is 68.7 cm³/mol. The average molecular weight is 270 g/mol. The molecule has 1 aromatic rings. The second-order valence-corrected chi connectivity index (χ2v) is 6.67. The Morgan fingerprint density at radius 3 is 2.44 bits per heavy atom. The third-order valence-electron chi connectivity index (χ3n) is 3.07. The van der Waals surface area contributed by atoms with Crippen molar-refractivity contribution in [2.45, 2.75) is 31.6 Å². The van der Waals surface area contributed by atoms with Crippen molar-refractivity contribution in [2.75, 3.05) is 18.4 Å². The molecule has 1 aliphatic rings. The number of anilines is 1. The molecule has 6 nitrogen and oxygen atoms in total. The zero-order valence-electron chi connectivity index (χ0n) is 10.6. The normalized spacial score (nSPS) is 17.4. The minimum atomic E-state index is -3.49. The van der Waals surface area contributed by atoms with E-state index >= 15 is 0 Å². The lowest BCUT2D eigenvalue weighted by Crippen LogP contribution is -2.29. The molecule has 18 heavy (non-hydrogen) atoms. The highest BCUT2D eigenvalue weighted by atomic mass is 32.2. The quantitative estimate of drug-likeness (QED) is 0.805. The van der Waals surface area contributed by atoms with Crippen LogP contribution >= 0.6 is 0 Å². The Morgan fingerprint density at radius 1 is 1.33 bits per heavy atom. The van der Waals surface area contributed by atoms with E-state index in [2.05, 4.69) is 26.9 Å². The van der Waals surface area contributed by atoms with Crippen LogP contribution in [0.1, 0.15) is 26.7 Å². The summed E-state index contributed by atoms with van der Waals surface area (Å²) in [6.45, 7) is 5.17. The minimum absolute atomic E-state index is 0.105. The van der Waals surface area contributed by atoms with E-state index in [1.54, 1.807) is 0 Å². The Balaban J connectivity index is 2.04. The topological polar surface area (TPSA) is 84.0 Å². The Hall–Kier alpha value is -1.21. The van der Waals surface area contributed by atoms with Gasteiger partial charge in [-0.15, -0.1) is 0 Å². The van der Waals surface area contributed by atoms with Crippen LogP contribution in [0, 0.1) is 5.41 Å². The molecule has 7 heteroatoms. The molecule has 1 aromatic heterocycles. The molecule has 100 valence electrons. The van der Waals surface area contributed by atoms with E-state index in [1.807, 2.05) is 6.92 Å². The predicted octanol–water partition coefficient (Wildman–Crippen LogP) is 0.987. The summed E-state index contributed by atoms with van der Waals surface area (Å²) in [6, 6.07) is 0. The Bertz CT molecular complexity index is 508. The summed E-state index contributed by atoms with van der Waals surface area (Å²) in [7, 11) is -3.49. The van der Waals surface area contributed by atoms with Crippen LogP contribution in [0.15, 0.2) is 17.3 Å². The summed E-state index contributed by atoms with van der Waals surface area (Å²) in [6.07, 6.45) is 4.79. The lowest BCUT2D eigenvalue weighted by molar-refractivity contribution is 0.530. The lowest BCUT2D eigenvalue weighted by Gasteiger charge is -2.10. The van der Waals surface area contributed by atoms with Gasteiger partial charge in [-0.2, -0.15) is 0 Å². The van der Waals surface area contributed by atoms with E-state index in [1.165, 1.54) is 12.4 Å². The molecule has 2 rings (SSSR count). The van der Waals surface area contributed by atoms with Gasteiger partial charge in [0.05, 0.1) is 12.4 Å². The number of hydrogen-bond acceptors (Lipinski definition) is 5. The first-order chi connectivity index (χ1) is 8.45. The van der Waals surface area contributed by atoms with Crippen LogP contribution in [0.4, 0.5) is 5.95 Å². The van der Waals surface area contributed by atoms with Crippen molar-refractivity contribution >= 4 is 16.0 Å². The van der Waals surface area contributed by atoms with Gasteiger partial charge in [-0.3, -0.25) is 0 Å². The molecule has 1 fully saturated rings. The van der Waals surface area contributed by atoms with E-state index in [-0.39, 0.29) is 10.3 Å². The molecule has 0 bridgehead atoms. The SMILES string of the molecule is CCNc1ncc(S(=O)(=O)NCC2(C)CC2)cn1. The molecule has 1 heterocycles. The zero-order chi connectivity index (χ0) is 13.2. The highest BCUT2D eigenvalue weighted by Gasteiger charge is 2.38. The van der Waals surface area contributed by atoms with Crippen molar-refractivity contribution in [3.8, 4) is 0 Å². The molecule has 0 aliphatic heterocycles. The molecule has 1 saturated carbocycles. The van der Waals surface area contributed by atoms with Gasteiger partial charge >= 0.3 is 0 Å². The number of nitrogens with one attached hydrogen (secondary N) is 2. The first kappa shape index (κ1) is 13.2.